The molecule has 0 aliphatic heterocycles. The second-order valence-electron chi connectivity index (χ2n) is 4.09. The van der Waals surface area contributed by atoms with Gasteiger partial charge in [0.15, 0.2) is 0 Å². The molecule has 0 spiro atoms. The van der Waals surface area contributed by atoms with E-state index in [1.54, 1.807) is 0 Å². The molecule has 0 unspecified atom stereocenters. The Hall–Kier alpha value is -0.0100. The van der Waals surface area contributed by atoms with Crippen LogP contribution in [0.5, 0.6) is 0 Å². The minimum atomic E-state index is -6.32. The molecule has 20 heteroatoms. The molecule has 0 radical (unpaired) electrons. The number of hydroxylamine groups is 1. The topological polar surface area (TPSA) is 280 Å². The molecule has 0 aliphatic rings. The van der Waals surface area contributed by atoms with E-state index in [1.807, 2.05) is 5.32 Å². The van der Waals surface area contributed by atoms with Gasteiger partial charge in [0, 0.05) is 0 Å². The van der Waals surface area contributed by atoms with Crippen molar-refractivity contribution in [2.24, 2.45) is 0 Å². The number of hydrogen-bond donors (Lipinski definition) is 10. The largest absolute Gasteiger partial charge is 0.373 e. The molecule has 0 aliphatic carbocycles. The molecule has 0 aromatic carbocycles. The summed E-state index contributed by atoms with van der Waals surface area (Å²) in [4.78, 5) is 85.7. The smallest absolute Gasteiger partial charge is 0.367 e. The standard InChI is InChI=1S/C4H14N2O14P4/c7-3(1-5-2-21(8,9)10)20-6-4(22(11,12)13,23(14,15)16)24(17,18)19/h5-6H,1-2H2,(H2,8,9,10)(H2,11,12,13)(H2,14,15,16)(H2,17,18,19). The van der Waals surface area contributed by atoms with E-state index in [2.05, 4.69) is 4.84 Å². The SMILES string of the molecule is O=C(CNCP(=O)(O)O)ONC(P(=O)(O)O)(P(=O)(O)O)P(=O)(O)O. The first-order valence-corrected chi connectivity index (χ1v) is 11.9. The Bertz CT molecular complexity index is 595. The van der Waals surface area contributed by atoms with Gasteiger partial charge in [-0.3, -0.25) is 23.6 Å². The Morgan fingerprint density at radius 1 is 0.833 bits per heavy atom. The molecule has 24 heavy (non-hydrogen) atoms. The Morgan fingerprint density at radius 2 is 1.21 bits per heavy atom. The summed E-state index contributed by atoms with van der Waals surface area (Å²) in [7, 11) is -23.5. The van der Waals surface area contributed by atoms with E-state index in [4.69, 9.17) is 39.1 Å². The molecule has 0 fully saturated rings. The molecule has 0 aromatic rings. The highest BCUT2D eigenvalue weighted by molar-refractivity contribution is 7.88. The number of nitrogens with one attached hydrogen (secondary N) is 2. The summed E-state index contributed by atoms with van der Waals surface area (Å²) in [5, 5.41) is 1.82. The summed E-state index contributed by atoms with van der Waals surface area (Å²) in [5.41, 5.74) is 0.728. The van der Waals surface area contributed by atoms with Crippen LogP contribution in [0.25, 0.3) is 0 Å². The van der Waals surface area contributed by atoms with E-state index in [9.17, 15) is 23.1 Å². The van der Waals surface area contributed by atoms with Crippen molar-refractivity contribution in [3.05, 3.63) is 0 Å². The van der Waals surface area contributed by atoms with Crippen LogP contribution in [0.1, 0.15) is 0 Å². The third-order valence-corrected chi connectivity index (χ3v) is 10.1. The lowest BCUT2D eigenvalue weighted by Crippen LogP contribution is -2.46. The second-order valence-corrected chi connectivity index (χ2v) is 12.1. The predicted molar refractivity (Wildman–Crippen MR) is 73.0 cm³/mol. The van der Waals surface area contributed by atoms with Crippen LogP contribution in [0.4, 0.5) is 0 Å². The molecular formula is C4H14N2O14P4. The molecule has 0 aromatic heterocycles. The monoisotopic (exact) mass is 438 g/mol. The average Bonchev–Trinajstić information content (AvgIpc) is 2.21. The maximum Gasteiger partial charge on any atom is 0.373 e. The van der Waals surface area contributed by atoms with E-state index in [0.717, 1.165) is 5.48 Å². The highest BCUT2D eigenvalue weighted by Gasteiger charge is 2.73. The van der Waals surface area contributed by atoms with Gasteiger partial charge in [0.25, 0.3) is 0 Å². The lowest BCUT2D eigenvalue weighted by Gasteiger charge is -2.33. The fourth-order valence-electron chi connectivity index (χ4n) is 1.15. The van der Waals surface area contributed by atoms with Gasteiger partial charge in [-0.25, -0.2) is 4.79 Å². The van der Waals surface area contributed by atoms with Gasteiger partial charge in [-0.1, -0.05) is 0 Å². The van der Waals surface area contributed by atoms with Gasteiger partial charge in [0.05, 0.1) is 12.8 Å². The van der Waals surface area contributed by atoms with Crippen LogP contribution in [0.2, 0.25) is 0 Å². The fraction of sp³-hybridized carbons (Fsp3) is 0.750. The first-order valence-electron chi connectivity index (χ1n) is 5.24. The Balaban J connectivity index is 5.37. The zero-order valence-corrected chi connectivity index (χ0v) is 14.8. The van der Waals surface area contributed by atoms with Crippen molar-refractivity contribution in [3.63, 3.8) is 0 Å². The molecule has 0 amide bonds. The maximum atomic E-state index is 11.2. The van der Waals surface area contributed by atoms with E-state index in [1.165, 1.54) is 0 Å². The van der Waals surface area contributed by atoms with Gasteiger partial charge in [-0.15, -0.1) is 5.48 Å². The van der Waals surface area contributed by atoms with Crippen molar-refractivity contribution in [2.45, 2.75) is 4.76 Å². The lowest BCUT2D eigenvalue weighted by atomic mass is 10.7. The summed E-state index contributed by atoms with van der Waals surface area (Å²) in [6.45, 7) is -1.04. The van der Waals surface area contributed by atoms with Crippen molar-refractivity contribution >= 4 is 36.4 Å². The number of rotatable bonds is 9. The summed E-state index contributed by atoms with van der Waals surface area (Å²) in [6.07, 6.45) is -1.03. The predicted octanol–water partition coefficient (Wildman–Crippen LogP) is -3.10. The van der Waals surface area contributed by atoms with Gasteiger partial charge in [-0.2, -0.15) is 0 Å². The van der Waals surface area contributed by atoms with Crippen LogP contribution in [-0.4, -0.2) is 62.7 Å². The van der Waals surface area contributed by atoms with Crippen LogP contribution in [0, 0.1) is 0 Å². The minimum Gasteiger partial charge on any atom is -0.367 e. The van der Waals surface area contributed by atoms with E-state index in [-0.39, 0.29) is 0 Å². The summed E-state index contributed by atoms with van der Waals surface area (Å²) >= 11 is 0. The van der Waals surface area contributed by atoms with Crippen molar-refractivity contribution in [3.8, 4) is 0 Å². The van der Waals surface area contributed by atoms with Crippen LogP contribution in [0.3, 0.4) is 0 Å². The maximum absolute atomic E-state index is 11.2. The normalized spacial score (nSPS) is 14.5. The highest BCUT2D eigenvalue weighted by Crippen LogP contribution is 2.81. The quantitative estimate of drug-likeness (QED) is 0.126. The Labute approximate surface area is 132 Å². The average molecular weight is 438 g/mol. The first kappa shape index (κ1) is 24.0. The van der Waals surface area contributed by atoms with Crippen LogP contribution in [-0.2, 0) is 27.9 Å². The molecule has 0 heterocycles. The van der Waals surface area contributed by atoms with Gasteiger partial charge >= 0.3 is 41.1 Å². The molecule has 0 rings (SSSR count). The molecule has 0 bridgehead atoms. The lowest BCUT2D eigenvalue weighted by molar-refractivity contribution is -0.150. The van der Waals surface area contributed by atoms with Crippen LogP contribution in [0.15, 0.2) is 0 Å². The number of hydrogen-bond acceptors (Lipinski definition) is 8. The fourth-order valence-corrected chi connectivity index (χ4v) is 6.12. The summed E-state index contributed by atoms with van der Waals surface area (Å²) < 4.78 is 39.7. The first-order chi connectivity index (χ1) is 10.4. The zero-order valence-electron chi connectivity index (χ0n) is 11.2. The van der Waals surface area contributed by atoms with E-state index in [0.29, 0.717) is 0 Å². The Morgan fingerprint density at radius 3 is 1.50 bits per heavy atom. The molecule has 144 valence electrons. The van der Waals surface area contributed by atoms with Crippen molar-refractivity contribution in [2.75, 3.05) is 12.8 Å². The molecular weight excluding hydrogens is 424 g/mol. The zero-order chi connectivity index (χ0) is 19.6. The van der Waals surface area contributed by atoms with Crippen LogP contribution >= 0.6 is 30.4 Å². The summed E-state index contributed by atoms with van der Waals surface area (Å²) in [6, 6.07) is 0. The molecule has 0 saturated heterocycles. The molecule has 0 atom stereocenters. The van der Waals surface area contributed by atoms with Crippen LogP contribution < -0.4 is 10.8 Å². The summed E-state index contributed by atoms with van der Waals surface area (Å²) in [5.74, 6) is -1.65. The van der Waals surface area contributed by atoms with E-state index >= 15 is 0 Å². The molecule has 16 nitrogen and oxygen atoms in total. The van der Waals surface area contributed by atoms with Gasteiger partial charge in [-0.05, 0) is 0 Å². The third-order valence-electron chi connectivity index (χ3n) is 2.11. The Kier molecular flexibility index (Phi) is 7.70. The van der Waals surface area contributed by atoms with Gasteiger partial charge in [0.2, 0.25) is 0 Å². The van der Waals surface area contributed by atoms with Crippen molar-refractivity contribution in [1.82, 2.24) is 10.8 Å². The molecule has 10 N–H and O–H groups in total. The second kappa shape index (κ2) is 7.70. The van der Waals surface area contributed by atoms with Crippen molar-refractivity contribution < 1.29 is 67.0 Å². The highest BCUT2D eigenvalue weighted by atomic mass is 31.3. The molecule has 0 saturated carbocycles. The third kappa shape index (κ3) is 6.06. The number of carbonyl (C=O) groups excluding carboxylic acids is 1. The minimum absolute atomic E-state index is 0.728. The van der Waals surface area contributed by atoms with Gasteiger partial charge < -0.3 is 44.0 Å². The number of carbonyl (C=O) groups is 1. The van der Waals surface area contributed by atoms with Crippen molar-refractivity contribution in [1.29, 1.82) is 0 Å². The van der Waals surface area contributed by atoms with Gasteiger partial charge in [0.1, 0.15) is 0 Å². The van der Waals surface area contributed by atoms with E-state index < -0.39 is 53.9 Å².